The van der Waals surface area contributed by atoms with Crippen LogP contribution in [-0.2, 0) is 4.79 Å². The van der Waals surface area contributed by atoms with Crippen LogP contribution in [-0.4, -0.2) is 38.6 Å². The van der Waals surface area contributed by atoms with Crippen molar-refractivity contribution in [2.75, 3.05) is 37.6 Å². The van der Waals surface area contributed by atoms with Crippen LogP contribution < -0.4 is 20.1 Å². The maximum Gasteiger partial charge on any atom is 0.275 e. The number of aromatic nitrogens is 1. The Hall–Kier alpha value is -2.11. The molecule has 0 radical (unpaired) electrons. The smallest absolute Gasteiger partial charge is 0.275 e. The van der Waals surface area contributed by atoms with Crippen LogP contribution in [0.25, 0.3) is 0 Å². The molecular formula is C19H25ClN4O+2. The van der Waals surface area contributed by atoms with Gasteiger partial charge in [-0.3, -0.25) is 9.69 Å². The average molecular weight is 361 g/mol. The number of carbonyl (C=O) groups excluding carboxylic acids is 1. The van der Waals surface area contributed by atoms with Crippen LogP contribution in [0.3, 0.4) is 0 Å². The summed E-state index contributed by atoms with van der Waals surface area (Å²) < 4.78 is 0. The summed E-state index contributed by atoms with van der Waals surface area (Å²) >= 11 is 6.20. The monoisotopic (exact) mass is 360 g/mol. The van der Waals surface area contributed by atoms with Gasteiger partial charge < -0.3 is 10.2 Å². The maximum atomic E-state index is 12.4. The number of rotatable bonds is 5. The summed E-state index contributed by atoms with van der Waals surface area (Å²) in [5.74, 6) is 1.21. The molecule has 3 rings (SSSR count). The molecule has 1 amide bonds. The first-order chi connectivity index (χ1) is 12.1. The third-order valence-corrected chi connectivity index (χ3v) is 5.01. The molecule has 0 bridgehead atoms. The lowest BCUT2D eigenvalue weighted by Crippen LogP contribution is -3.16. The highest BCUT2D eigenvalue weighted by molar-refractivity contribution is 6.31. The van der Waals surface area contributed by atoms with Gasteiger partial charge in [0.2, 0.25) is 0 Å². The Morgan fingerprint density at radius 3 is 2.64 bits per heavy atom. The highest BCUT2D eigenvalue weighted by Crippen LogP contribution is 2.21. The number of quaternary nitrogens is 1. The molecular weight excluding hydrogens is 336 g/mol. The molecule has 5 nitrogen and oxygen atoms in total. The van der Waals surface area contributed by atoms with Gasteiger partial charge in [-0.05, 0) is 24.6 Å². The minimum Gasteiger partial charge on any atom is -0.345 e. The lowest BCUT2D eigenvalue weighted by Gasteiger charge is -2.28. The Kier molecular flexibility index (Phi) is 5.89. The molecule has 0 saturated carbocycles. The van der Waals surface area contributed by atoms with Crippen molar-refractivity contribution in [1.82, 2.24) is 5.32 Å². The van der Waals surface area contributed by atoms with Crippen molar-refractivity contribution in [3.63, 3.8) is 0 Å². The molecule has 1 aliphatic heterocycles. The second kappa shape index (κ2) is 8.32. The molecule has 1 aromatic carbocycles. The number of piperazine rings is 1. The van der Waals surface area contributed by atoms with E-state index in [-0.39, 0.29) is 11.9 Å². The van der Waals surface area contributed by atoms with Gasteiger partial charge in [0.15, 0.2) is 6.54 Å². The second-order valence-corrected chi connectivity index (χ2v) is 6.88. The summed E-state index contributed by atoms with van der Waals surface area (Å²) in [6.45, 7) is 6.28. The number of aromatic amines is 1. The highest BCUT2D eigenvalue weighted by Gasteiger charge is 2.27. The van der Waals surface area contributed by atoms with Crippen LogP contribution in [0.4, 0.5) is 5.82 Å². The Bertz CT molecular complexity index is 702. The van der Waals surface area contributed by atoms with E-state index in [1.165, 1.54) is 4.90 Å². The molecule has 132 valence electrons. The first-order valence-corrected chi connectivity index (χ1v) is 9.10. The number of hydrogen-bond acceptors (Lipinski definition) is 2. The van der Waals surface area contributed by atoms with E-state index in [0.29, 0.717) is 11.6 Å². The van der Waals surface area contributed by atoms with E-state index in [2.05, 4.69) is 21.3 Å². The molecule has 1 saturated heterocycles. The average Bonchev–Trinajstić information content (AvgIpc) is 2.63. The summed E-state index contributed by atoms with van der Waals surface area (Å²) in [7, 11) is 0. The summed E-state index contributed by atoms with van der Waals surface area (Å²) in [5, 5.41) is 3.75. The standard InChI is InChI=1S/C19H23ClN4O/c1-15(16-6-2-3-7-17(16)20)22-19(25)14-23-10-12-24(13-11-23)18-8-4-5-9-21-18/h2-9,15H,10-14H2,1H3,(H,22,25)/p+2/t15-/m1/s1. The number of nitrogens with zero attached hydrogens (tertiary/aromatic N) is 1. The predicted molar refractivity (Wildman–Crippen MR) is 98.8 cm³/mol. The van der Waals surface area contributed by atoms with E-state index in [0.717, 1.165) is 37.6 Å². The first kappa shape index (κ1) is 17.7. The summed E-state index contributed by atoms with van der Waals surface area (Å²) in [6, 6.07) is 13.7. The molecule has 0 spiro atoms. The largest absolute Gasteiger partial charge is 0.345 e. The molecule has 1 aromatic heterocycles. The number of pyridine rings is 1. The van der Waals surface area contributed by atoms with Crippen LogP contribution in [0.15, 0.2) is 48.7 Å². The number of carbonyl (C=O) groups is 1. The SMILES string of the molecule is C[C@@H](NC(=O)C[NH+]1CCN(c2cccc[nH+]2)CC1)c1ccccc1Cl. The van der Waals surface area contributed by atoms with Gasteiger partial charge in [0.1, 0.15) is 26.2 Å². The fraction of sp³-hybridized carbons (Fsp3) is 0.368. The van der Waals surface area contributed by atoms with Crippen LogP contribution in [0.1, 0.15) is 18.5 Å². The molecule has 6 heteroatoms. The number of hydrogen-bond donors (Lipinski definition) is 2. The van der Waals surface area contributed by atoms with E-state index in [9.17, 15) is 4.79 Å². The van der Waals surface area contributed by atoms with Crippen molar-refractivity contribution >= 4 is 23.3 Å². The Balaban J connectivity index is 1.47. The van der Waals surface area contributed by atoms with Crippen LogP contribution in [0, 0.1) is 0 Å². The van der Waals surface area contributed by atoms with Crippen LogP contribution >= 0.6 is 11.6 Å². The van der Waals surface area contributed by atoms with E-state index < -0.39 is 0 Å². The number of H-pyrrole nitrogens is 1. The molecule has 25 heavy (non-hydrogen) atoms. The zero-order chi connectivity index (χ0) is 17.6. The van der Waals surface area contributed by atoms with Crippen molar-refractivity contribution in [3.8, 4) is 0 Å². The van der Waals surface area contributed by atoms with Crippen molar-refractivity contribution < 1.29 is 14.7 Å². The van der Waals surface area contributed by atoms with E-state index in [1.54, 1.807) is 0 Å². The molecule has 1 aliphatic rings. The zero-order valence-electron chi connectivity index (χ0n) is 14.5. The van der Waals surface area contributed by atoms with Crippen molar-refractivity contribution in [3.05, 3.63) is 59.2 Å². The Morgan fingerprint density at radius 1 is 1.24 bits per heavy atom. The Morgan fingerprint density at radius 2 is 1.96 bits per heavy atom. The molecule has 1 atom stereocenters. The molecule has 3 N–H and O–H groups in total. The molecule has 0 unspecified atom stereocenters. The van der Waals surface area contributed by atoms with Gasteiger partial charge >= 0.3 is 0 Å². The van der Waals surface area contributed by atoms with Gasteiger partial charge in [0.25, 0.3) is 11.7 Å². The molecule has 2 heterocycles. The summed E-state index contributed by atoms with van der Waals surface area (Å²) in [5.41, 5.74) is 0.956. The molecule has 2 aromatic rings. The van der Waals surface area contributed by atoms with Gasteiger partial charge in [0, 0.05) is 11.1 Å². The Labute approximate surface area is 153 Å². The van der Waals surface area contributed by atoms with E-state index in [4.69, 9.17) is 11.6 Å². The zero-order valence-corrected chi connectivity index (χ0v) is 15.2. The van der Waals surface area contributed by atoms with Gasteiger partial charge in [-0.1, -0.05) is 35.9 Å². The van der Waals surface area contributed by atoms with Crippen LogP contribution in [0.2, 0.25) is 5.02 Å². The summed E-state index contributed by atoms with van der Waals surface area (Å²) in [6.07, 6.45) is 1.94. The van der Waals surface area contributed by atoms with Crippen molar-refractivity contribution in [2.24, 2.45) is 0 Å². The lowest BCUT2D eigenvalue weighted by atomic mass is 10.1. The predicted octanol–water partition coefficient (Wildman–Crippen LogP) is 0.736. The number of anilines is 1. The second-order valence-electron chi connectivity index (χ2n) is 6.47. The van der Waals surface area contributed by atoms with Crippen molar-refractivity contribution in [2.45, 2.75) is 13.0 Å². The molecule has 1 fully saturated rings. The summed E-state index contributed by atoms with van der Waals surface area (Å²) in [4.78, 5) is 19.3. The third kappa shape index (κ3) is 4.71. The molecule has 0 aliphatic carbocycles. The van der Waals surface area contributed by atoms with Crippen molar-refractivity contribution in [1.29, 1.82) is 0 Å². The third-order valence-electron chi connectivity index (χ3n) is 4.66. The fourth-order valence-corrected chi connectivity index (χ4v) is 3.54. The van der Waals surface area contributed by atoms with Gasteiger partial charge in [0.05, 0.1) is 12.2 Å². The van der Waals surface area contributed by atoms with Gasteiger partial charge in [-0.15, -0.1) is 0 Å². The maximum absolute atomic E-state index is 12.4. The quantitative estimate of drug-likeness (QED) is 0.826. The first-order valence-electron chi connectivity index (χ1n) is 8.72. The minimum atomic E-state index is -0.0826. The fourth-order valence-electron chi connectivity index (χ4n) is 3.24. The van der Waals surface area contributed by atoms with Gasteiger partial charge in [-0.2, -0.15) is 0 Å². The van der Waals surface area contributed by atoms with E-state index in [1.807, 2.05) is 49.5 Å². The number of nitrogens with one attached hydrogen (secondary N) is 3. The number of amides is 1. The normalized spacial score (nSPS) is 16.5. The highest BCUT2D eigenvalue weighted by atomic mass is 35.5. The van der Waals surface area contributed by atoms with E-state index >= 15 is 0 Å². The number of benzene rings is 1. The topological polar surface area (TPSA) is 50.9 Å². The van der Waals surface area contributed by atoms with Crippen LogP contribution in [0.5, 0.6) is 0 Å². The minimum absolute atomic E-state index is 0.0714. The number of halogens is 1. The lowest BCUT2D eigenvalue weighted by molar-refractivity contribution is -0.892. The van der Waals surface area contributed by atoms with Gasteiger partial charge in [-0.25, -0.2) is 4.98 Å².